The zero-order valence-electron chi connectivity index (χ0n) is 7.80. The molecule has 1 aromatic carbocycles. The summed E-state index contributed by atoms with van der Waals surface area (Å²) in [5.74, 6) is 0. The molecule has 0 heterocycles. The summed E-state index contributed by atoms with van der Waals surface area (Å²) < 4.78 is 0. The summed E-state index contributed by atoms with van der Waals surface area (Å²) in [7, 11) is 0. The fourth-order valence-electron chi connectivity index (χ4n) is 1.13. The van der Waals surface area contributed by atoms with Crippen molar-refractivity contribution in [2.75, 3.05) is 0 Å². The predicted octanol–water partition coefficient (Wildman–Crippen LogP) is 1.80. The van der Waals surface area contributed by atoms with Gasteiger partial charge in [-0.25, -0.2) is 0 Å². The molecule has 0 bridgehead atoms. The van der Waals surface area contributed by atoms with E-state index in [-0.39, 0.29) is 6.42 Å². The Morgan fingerprint density at radius 2 is 2.07 bits per heavy atom. The van der Waals surface area contributed by atoms with Crippen LogP contribution in [0.2, 0.25) is 0 Å². The lowest BCUT2D eigenvalue weighted by molar-refractivity contribution is 0.229. The van der Waals surface area contributed by atoms with E-state index in [9.17, 15) is 5.11 Å². The molecule has 0 aromatic heterocycles. The maximum Gasteiger partial charge on any atom is 0.0896 e. The highest BCUT2D eigenvalue weighted by Gasteiger charge is 2.08. The first kappa shape index (κ1) is 10.5. The third-order valence-corrected chi connectivity index (χ3v) is 1.90. The van der Waals surface area contributed by atoms with Gasteiger partial charge in [0.2, 0.25) is 0 Å². The Bertz CT molecular complexity index is 319. The molecule has 1 atom stereocenters. The number of aliphatic hydroxyl groups excluding tert-OH is 1. The lowest BCUT2D eigenvalue weighted by atomic mass is 10.0. The Morgan fingerprint density at radius 1 is 1.43 bits per heavy atom. The second kappa shape index (κ2) is 5.19. The van der Waals surface area contributed by atoms with E-state index in [1.54, 1.807) is 0 Å². The van der Waals surface area contributed by atoms with Crippen LogP contribution < -0.4 is 0 Å². The first-order valence-electron chi connectivity index (χ1n) is 4.35. The van der Waals surface area contributed by atoms with Gasteiger partial charge in [-0.15, -0.1) is 6.58 Å². The largest absolute Gasteiger partial charge is 0.411 e. The van der Waals surface area contributed by atoms with Gasteiger partial charge in [-0.1, -0.05) is 41.6 Å². The molecule has 0 aliphatic carbocycles. The number of hydrogen-bond donors (Lipinski definition) is 2. The van der Waals surface area contributed by atoms with Crippen LogP contribution in [0, 0.1) is 0 Å². The van der Waals surface area contributed by atoms with Gasteiger partial charge in [0.05, 0.1) is 11.8 Å². The average Bonchev–Trinajstić information content (AvgIpc) is 2.26. The summed E-state index contributed by atoms with van der Waals surface area (Å²) in [6.07, 6.45) is 0.999. The Hall–Kier alpha value is -1.61. The Balaban J connectivity index is 2.79. The fraction of sp³-hybridized carbons (Fsp3) is 0.182. The van der Waals surface area contributed by atoms with Gasteiger partial charge < -0.3 is 10.3 Å². The van der Waals surface area contributed by atoms with Crippen molar-refractivity contribution in [3.63, 3.8) is 0 Å². The van der Waals surface area contributed by atoms with Gasteiger partial charge in [-0.3, -0.25) is 0 Å². The molecule has 14 heavy (non-hydrogen) atoms. The summed E-state index contributed by atoms with van der Waals surface area (Å²) in [5.41, 5.74) is 1.26. The first-order valence-corrected chi connectivity index (χ1v) is 4.35. The van der Waals surface area contributed by atoms with Crippen molar-refractivity contribution in [3.8, 4) is 0 Å². The van der Waals surface area contributed by atoms with Crippen LogP contribution in [0.1, 0.15) is 12.0 Å². The molecule has 74 valence electrons. The molecule has 0 spiro atoms. The molecule has 0 amide bonds. The minimum absolute atomic E-state index is 0.268. The molecule has 2 N–H and O–H groups in total. The van der Waals surface area contributed by atoms with Crippen molar-refractivity contribution in [1.29, 1.82) is 0 Å². The number of hydrogen-bond acceptors (Lipinski definition) is 3. The fourth-order valence-corrected chi connectivity index (χ4v) is 1.13. The highest BCUT2D eigenvalue weighted by molar-refractivity contribution is 6.00. The molecule has 1 aromatic rings. The lowest BCUT2D eigenvalue weighted by Gasteiger charge is -2.06. The molecular formula is C11H13NO2. The SMILES string of the molecule is C=CC(O)C/C(=N\O)c1ccccc1. The smallest absolute Gasteiger partial charge is 0.0896 e. The quantitative estimate of drug-likeness (QED) is 0.330. The van der Waals surface area contributed by atoms with Gasteiger partial charge in [0.15, 0.2) is 0 Å². The van der Waals surface area contributed by atoms with Crippen LogP contribution in [0.15, 0.2) is 48.1 Å². The monoisotopic (exact) mass is 191 g/mol. The van der Waals surface area contributed by atoms with Crippen LogP contribution in [0.5, 0.6) is 0 Å². The van der Waals surface area contributed by atoms with Gasteiger partial charge in [0, 0.05) is 6.42 Å². The van der Waals surface area contributed by atoms with Crippen LogP contribution >= 0.6 is 0 Å². The topological polar surface area (TPSA) is 52.8 Å². The minimum atomic E-state index is -0.680. The van der Waals surface area contributed by atoms with Gasteiger partial charge in [0.1, 0.15) is 0 Å². The molecule has 0 radical (unpaired) electrons. The van der Waals surface area contributed by atoms with E-state index in [2.05, 4.69) is 11.7 Å². The van der Waals surface area contributed by atoms with Gasteiger partial charge in [-0.05, 0) is 5.56 Å². The highest BCUT2D eigenvalue weighted by Crippen LogP contribution is 2.07. The van der Waals surface area contributed by atoms with E-state index in [0.717, 1.165) is 5.56 Å². The van der Waals surface area contributed by atoms with E-state index < -0.39 is 6.10 Å². The van der Waals surface area contributed by atoms with E-state index in [1.807, 2.05) is 30.3 Å². The average molecular weight is 191 g/mol. The number of benzene rings is 1. The third kappa shape index (κ3) is 2.71. The van der Waals surface area contributed by atoms with Crippen molar-refractivity contribution in [1.82, 2.24) is 0 Å². The molecule has 0 aliphatic rings. The second-order valence-electron chi connectivity index (χ2n) is 2.92. The number of rotatable bonds is 4. The van der Waals surface area contributed by atoms with Gasteiger partial charge in [-0.2, -0.15) is 0 Å². The van der Waals surface area contributed by atoms with Crippen molar-refractivity contribution >= 4 is 5.71 Å². The minimum Gasteiger partial charge on any atom is -0.411 e. The number of nitrogens with zero attached hydrogens (tertiary/aromatic N) is 1. The van der Waals surface area contributed by atoms with Crippen molar-refractivity contribution in [2.45, 2.75) is 12.5 Å². The summed E-state index contributed by atoms with van der Waals surface area (Å²) in [5, 5.41) is 21.2. The molecule has 1 unspecified atom stereocenters. The Kier molecular flexibility index (Phi) is 3.88. The van der Waals surface area contributed by atoms with Crippen LogP contribution in [-0.2, 0) is 0 Å². The third-order valence-electron chi connectivity index (χ3n) is 1.90. The molecule has 0 fully saturated rings. The second-order valence-corrected chi connectivity index (χ2v) is 2.92. The number of oxime groups is 1. The Morgan fingerprint density at radius 3 is 2.57 bits per heavy atom. The molecule has 0 saturated carbocycles. The predicted molar refractivity (Wildman–Crippen MR) is 55.6 cm³/mol. The van der Waals surface area contributed by atoms with Crippen molar-refractivity contribution in [3.05, 3.63) is 48.6 Å². The van der Waals surface area contributed by atoms with Crippen LogP contribution in [-0.4, -0.2) is 22.1 Å². The summed E-state index contributed by atoms with van der Waals surface area (Å²) in [6, 6.07) is 9.22. The molecule has 1 rings (SSSR count). The maximum atomic E-state index is 9.31. The summed E-state index contributed by atoms with van der Waals surface area (Å²) >= 11 is 0. The molecule has 0 aliphatic heterocycles. The van der Waals surface area contributed by atoms with E-state index in [1.165, 1.54) is 6.08 Å². The normalized spacial score (nSPS) is 13.6. The van der Waals surface area contributed by atoms with Gasteiger partial charge in [0.25, 0.3) is 0 Å². The van der Waals surface area contributed by atoms with Crippen LogP contribution in [0.3, 0.4) is 0 Å². The van der Waals surface area contributed by atoms with E-state index >= 15 is 0 Å². The Labute approximate surface area is 83.0 Å². The molecule has 3 heteroatoms. The van der Waals surface area contributed by atoms with E-state index in [4.69, 9.17) is 5.21 Å². The van der Waals surface area contributed by atoms with Crippen LogP contribution in [0.25, 0.3) is 0 Å². The molecule has 0 saturated heterocycles. The van der Waals surface area contributed by atoms with Crippen LogP contribution in [0.4, 0.5) is 0 Å². The summed E-state index contributed by atoms with van der Waals surface area (Å²) in [4.78, 5) is 0. The zero-order chi connectivity index (χ0) is 10.4. The summed E-state index contributed by atoms with van der Waals surface area (Å²) in [6.45, 7) is 3.45. The zero-order valence-corrected chi connectivity index (χ0v) is 7.80. The van der Waals surface area contributed by atoms with E-state index in [0.29, 0.717) is 5.71 Å². The molecule has 3 nitrogen and oxygen atoms in total. The first-order chi connectivity index (χ1) is 6.77. The van der Waals surface area contributed by atoms with Crippen molar-refractivity contribution < 1.29 is 10.3 Å². The highest BCUT2D eigenvalue weighted by atomic mass is 16.4. The standard InChI is InChI=1S/C11H13NO2/c1-2-10(13)8-11(12-14)9-6-4-3-5-7-9/h2-7,10,13-14H,1,8H2/b12-11+. The lowest BCUT2D eigenvalue weighted by Crippen LogP contribution is -2.11. The molecular weight excluding hydrogens is 178 g/mol. The van der Waals surface area contributed by atoms with Crippen molar-refractivity contribution in [2.24, 2.45) is 5.16 Å². The maximum absolute atomic E-state index is 9.31. The van der Waals surface area contributed by atoms with Gasteiger partial charge >= 0.3 is 0 Å². The number of aliphatic hydroxyl groups is 1.